The van der Waals surface area contributed by atoms with Gasteiger partial charge in [-0.05, 0) is 25.5 Å². The Kier molecular flexibility index (Phi) is 3.64. The van der Waals surface area contributed by atoms with Gasteiger partial charge in [0, 0.05) is 36.1 Å². The summed E-state index contributed by atoms with van der Waals surface area (Å²) in [5, 5.41) is 4.52. The molecule has 0 aliphatic rings. The molecule has 4 heteroatoms. The van der Waals surface area contributed by atoms with Crippen LogP contribution in [-0.2, 0) is 13.1 Å². The zero-order valence-corrected chi connectivity index (χ0v) is 10.3. The molecule has 0 aliphatic carbocycles. The van der Waals surface area contributed by atoms with E-state index in [9.17, 15) is 0 Å². The maximum atomic E-state index is 4.31. The van der Waals surface area contributed by atoms with E-state index in [0.717, 1.165) is 23.8 Å². The summed E-state index contributed by atoms with van der Waals surface area (Å²) in [7, 11) is 0. The van der Waals surface area contributed by atoms with Gasteiger partial charge in [0.1, 0.15) is 5.01 Å². The molecule has 3 nitrogen and oxygen atoms in total. The van der Waals surface area contributed by atoms with Gasteiger partial charge in [0.15, 0.2) is 0 Å². The molecule has 84 valence electrons. The second-order valence-electron chi connectivity index (χ2n) is 3.72. The van der Waals surface area contributed by atoms with E-state index in [0.29, 0.717) is 0 Å². The number of pyridine rings is 1. The minimum absolute atomic E-state index is 0.826. The second-order valence-corrected chi connectivity index (χ2v) is 5.04. The Morgan fingerprint density at radius 1 is 1.25 bits per heavy atom. The second kappa shape index (κ2) is 5.18. The fourth-order valence-electron chi connectivity index (χ4n) is 1.49. The van der Waals surface area contributed by atoms with Gasteiger partial charge in [0.2, 0.25) is 0 Å². The van der Waals surface area contributed by atoms with Crippen LogP contribution in [0.15, 0.2) is 24.5 Å². The van der Waals surface area contributed by atoms with Crippen molar-refractivity contribution in [2.75, 3.05) is 0 Å². The Morgan fingerprint density at radius 2 is 2.12 bits per heavy atom. The van der Waals surface area contributed by atoms with E-state index in [-0.39, 0.29) is 0 Å². The quantitative estimate of drug-likeness (QED) is 0.881. The predicted molar refractivity (Wildman–Crippen MR) is 66.4 cm³/mol. The van der Waals surface area contributed by atoms with Crippen LogP contribution in [0, 0.1) is 13.8 Å². The van der Waals surface area contributed by atoms with Crippen molar-refractivity contribution >= 4 is 11.3 Å². The Morgan fingerprint density at radius 3 is 2.81 bits per heavy atom. The van der Waals surface area contributed by atoms with Crippen LogP contribution in [-0.4, -0.2) is 9.97 Å². The summed E-state index contributed by atoms with van der Waals surface area (Å²) in [5.41, 5.74) is 2.33. The van der Waals surface area contributed by atoms with Gasteiger partial charge in [-0.2, -0.15) is 0 Å². The third-order valence-electron chi connectivity index (χ3n) is 2.38. The summed E-state index contributed by atoms with van der Waals surface area (Å²) in [6.07, 6.45) is 3.74. The van der Waals surface area contributed by atoms with Crippen molar-refractivity contribution in [1.82, 2.24) is 15.3 Å². The van der Waals surface area contributed by atoms with Gasteiger partial charge in [0.05, 0.1) is 0 Å². The third-order valence-corrected chi connectivity index (χ3v) is 3.29. The molecule has 0 spiro atoms. The van der Waals surface area contributed by atoms with Crippen molar-refractivity contribution in [2.45, 2.75) is 26.9 Å². The molecule has 0 aromatic carbocycles. The van der Waals surface area contributed by atoms with Crippen LogP contribution >= 0.6 is 11.3 Å². The zero-order valence-electron chi connectivity index (χ0n) is 9.53. The summed E-state index contributed by atoms with van der Waals surface area (Å²) >= 11 is 1.74. The number of aryl methyl sites for hydroxylation is 2. The fraction of sp³-hybridized carbons (Fsp3) is 0.333. The van der Waals surface area contributed by atoms with Crippen LogP contribution in [0.5, 0.6) is 0 Å². The molecule has 2 aromatic heterocycles. The Hall–Kier alpha value is -1.26. The number of hydrogen-bond acceptors (Lipinski definition) is 4. The maximum absolute atomic E-state index is 4.31. The van der Waals surface area contributed by atoms with E-state index >= 15 is 0 Å². The van der Waals surface area contributed by atoms with E-state index < -0.39 is 0 Å². The monoisotopic (exact) mass is 233 g/mol. The highest BCUT2D eigenvalue weighted by Crippen LogP contribution is 2.11. The lowest BCUT2D eigenvalue weighted by Gasteiger charge is -2.05. The van der Waals surface area contributed by atoms with Crippen LogP contribution in [0.25, 0.3) is 0 Å². The van der Waals surface area contributed by atoms with E-state index in [1.54, 1.807) is 11.3 Å². The number of aromatic nitrogens is 2. The molecular weight excluding hydrogens is 218 g/mol. The maximum Gasteiger partial charge on any atom is 0.107 e. The Labute approximate surface area is 99.6 Å². The lowest BCUT2D eigenvalue weighted by Crippen LogP contribution is -2.13. The minimum Gasteiger partial charge on any atom is -0.306 e. The van der Waals surface area contributed by atoms with Crippen molar-refractivity contribution in [1.29, 1.82) is 0 Å². The normalized spacial score (nSPS) is 10.6. The Bertz CT molecular complexity index is 465. The number of thiazole rings is 1. The lowest BCUT2D eigenvalue weighted by molar-refractivity contribution is 0.684. The predicted octanol–water partition coefficient (Wildman–Crippen LogP) is 2.44. The van der Waals surface area contributed by atoms with Crippen molar-refractivity contribution in [3.05, 3.63) is 45.7 Å². The molecular formula is C12H15N3S. The summed E-state index contributed by atoms with van der Waals surface area (Å²) in [6, 6.07) is 4.07. The van der Waals surface area contributed by atoms with E-state index in [2.05, 4.69) is 28.3 Å². The van der Waals surface area contributed by atoms with Crippen LogP contribution in [0.2, 0.25) is 0 Å². The first kappa shape index (κ1) is 11.2. The molecule has 16 heavy (non-hydrogen) atoms. The van der Waals surface area contributed by atoms with Crippen molar-refractivity contribution in [3.63, 3.8) is 0 Å². The SMILES string of the molecule is Cc1cnc(CNCc2cccnc2C)s1. The highest BCUT2D eigenvalue weighted by Gasteiger charge is 2.00. The van der Waals surface area contributed by atoms with Crippen molar-refractivity contribution in [3.8, 4) is 0 Å². The molecule has 0 atom stereocenters. The molecule has 0 saturated carbocycles. The molecule has 0 unspecified atom stereocenters. The van der Waals surface area contributed by atoms with Crippen molar-refractivity contribution in [2.24, 2.45) is 0 Å². The number of hydrogen-bond donors (Lipinski definition) is 1. The average Bonchev–Trinajstić information content (AvgIpc) is 2.67. The van der Waals surface area contributed by atoms with E-state index in [4.69, 9.17) is 0 Å². The minimum atomic E-state index is 0.826. The molecule has 0 bridgehead atoms. The first-order valence-electron chi connectivity index (χ1n) is 5.28. The third kappa shape index (κ3) is 2.87. The highest BCUT2D eigenvalue weighted by atomic mass is 32.1. The summed E-state index contributed by atoms with van der Waals surface area (Å²) in [4.78, 5) is 9.82. The van der Waals surface area contributed by atoms with Crippen LogP contribution in [0.1, 0.15) is 21.1 Å². The van der Waals surface area contributed by atoms with Gasteiger partial charge < -0.3 is 5.32 Å². The topological polar surface area (TPSA) is 37.8 Å². The molecule has 2 aromatic rings. The first-order valence-corrected chi connectivity index (χ1v) is 6.10. The first-order chi connectivity index (χ1) is 7.75. The van der Waals surface area contributed by atoms with E-state index in [1.165, 1.54) is 10.4 Å². The summed E-state index contributed by atoms with van der Waals surface area (Å²) < 4.78 is 0. The van der Waals surface area contributed by atoms with Gasteiger partial charge in [-0.15, -0.1) is 11.3 Å². The Balaban J connectivity index is 1.87. The number of nitrogens with zero attached hydrogens (tertiary/aromatic N) is 2. The number of rotatable bonds is 4. The molecule has 0 aliphatic heterocycles. The molecule has 2 heterocycles. The van der Waals surface area contributed by atoms with Crippen molar-refractivity contribution < 1.29 is 0 Å². The van der Waals surface area contributed by atoms with Gasteiger partial charge in [0.25, 0.3) is 0 Å². The number of nitrogens with one attached hydrogen (secondary N) is 1. The zero-order chi connectivity index (χ0) is 11.4. The lowest BCUT2D eigenvalue weighted by atomic mass is 10.2. The summed E-state index contributed by atoms with van der Waals surface area (Å²) in [6.45, 7) is 5.78. The smallest absolute Gasteiger partial charge is 0.107 e. The van der Waals surface area contributed by atoms with Crippen LogP contribution in [0.3, 0.4) is 0 Å². The summed E-state index contributed by atoms with van der Waals surface area (Å²) in [5.74, 6) is 0. The standard InChI is InChI=1S/C12H15N3S/c1-9-6-15-12(16-9)8-13-7-11-4-3-5-14-10(11)2/h3-6,13H,7-8H2,1-2H3. The highest BCUT2D eigenvalue weighted by molar-refractivity contribution is 7.11. The molecule has 1 N–H and O–H groups in total. The molecule has 2 rings (SSSR count). The van der Waals surface area contributed by atoms with Gasteiger partial charge >= 0.3 is 0 Å². The van der Waals surface area contributed by atoms with Gasteiger partial charge in [-0.3, -0.25) is 4.98 Å². The fourth-order valence-corrected chi connectivity index (χ4v) is 2.25. The molecule has 0 radical (unpaired) electrons. The van der Waals surface area contributed by atoms with Gasteiger partial charge in [-0.25, -0.2) is 4.98 Å². The largest absolute Gasteiger partial charge is 0.306 e. The van der Waals surface area contributed by atoms with E-state index in [1.807, 2.05) is 25.4 Å². The van der Waals surface area contributed by atoms with Gasteiger partial charge in [-0.1, -0.05) is 6.07 Å². The molecule has 0 saturated heterocycles. The molecule has 0 fully saturated rings. The van der Waals surface area contributed by atoms with Crippen LogP contribution < -0.4 is 5.32 Å². The average molecular weight is 233 g/mol. The van der Waals surface area contributed by atoms with Crippen LogP contribution in [0.4, 0.5) is 0 Å². The molecule has 0 amide bonds.